The zero-order chi connectivity index (χ0) is 22.7. The Balaban J connectivity index is 1.54. The van der Waals surface area contributed by atoms with Crippen molar-refractivity contribution in [2.45, 2.75) is 11.8 Å². The van der Waals surface area contributed by atoms with Gasteiger partial charge in [0.1, 0.15) is 11.6 Å². The summed E-state index contributed by atoms with van der Waals surface area (Å²) >= 11 is 6.15. The molecule has 3 aromatic carbocycles. The summed E-state index contributed by atoms with van der Waals surface area (Å²) in [4.78, 5) is 9.28. The number of nitrogens with one attached hydrogen (secondary N) is 2. The van der Waals surface area contributed by atoms with Gasteiger partial charge >= 0.3 is 0 Å². The Hall–Kier alpha value is -3.07. The van der Waals surface area contributed by atoms with Gasteiger partial charge in [-0.3, -0.25) is 0 Å². The Kier molecular flexibility index (Phi) is 6.36. The minimum atomic E-state index is -3.74. The van der Waals surface area contributed by atoms with Gasteiger partial charge < -0.3 is 5.32 Å². The Morgan fingerprint density at radius 3 is 2.38 bits per heavy atom. The van der Waals surface area contributed by atoms with E-state index in [1.54, 1.807) is 12.1 Å². The molecule has 0 spiro atoms. The maximum absolute atomic E-state index is 13.1. The monoisotopic (exact) mass is 470 g/mol. The molecule has 0 atom stereocenters. The molecule has 4 rings (SSSR count). The molecule has 6 nitrogen and oxygen atoms in total. The lowest BCUT2D eigenvalue weighted by atomic mass is 10.1. The van der Waals surface area contributed by atoms with Crippen molar-refractivity contribution < 1.29 is 12.8 Å². The minimum absolute atomic E-state index is 0.00249. The molecular weight excluding hydrogens is 451 g/mol. The molecule has 1 aromatic heterocycles. The van der Waals surface area contributed by atoms with Crippen LogP contribution in [0, 0.1) is 12.7 Å². The van der Waals surface area contributed by atoms with E-state index in [0.717, 1.165) is 28.6 Å². The van der Waals surface area contributed by atoms with Crippen LogP contribution in [0.3, 0.4) is 0 Å². The molecule has 0 fully saturated rings. The van der Waals surface area contributed by atoms with Crippen molar-refractivity contribution in [3.63, 3.8) is 0 Å². The fourth-order valence-corrected chi connectivity index (χ4v) is 4.33. The molecule has 4 aromatic rings. The summed E-state index contributed by atoms with van der Waals surface area (Å²) in [5.74, 6) is 0.614. The second-order valence-corrected chi connectivity index (χ2v) is 9.41. The van der Waals surface area contributed by atoms with Crippen molar-refractivity contribution in [1.29, 1.82) is 0 Å². The van der Waals surface area contributed by atoms with Crippen LogP contribution >= 0.6 is 11.6 Å². The van der Waals surface area contributed by atoms with Crippen LogP contribution in [0.4, 0.5) is 10.2 Å². The summed E-state index contributed by atoms with van der Waals surface area (Å²) in [5.41, 5.74) is 2.67. The van der Waals surface area contributed by atoms with Gasteiger partial charge in [0.05, 0.1) is 10.4 Å². The number of fused-ring (bicyclic) bond motifs is 1. The number of aromatic nitrogens is 2. The number of hydrogen-bond donors (Lipinski definition) is 2. The van der Waals surface area contributed by atoms with Crippen molar-refractivity contribution in [3.8, 4) is 11.4 Å². The van der Waals surface area contributed by atoms with E-state index in [1.807, 2.05) is 37.3 Å². The lowest BCUT2D eigenvalue weighted by Gasteiger charge is -2.12. The average molecular weight is 471 g/mol. The standard InChI is InChI=1S/C23H20ClFN4O2S/c1-15-2-4-16(5-3-15)22-28-21-14-17(24)6-11-20(21)23(29-22)26-12-13-27-32(30,31)19-9-7-18(25)8-10-19/h2-11,14,27H,12-13H2,1H3,(H,26,28,29). The lowest BCUT2D eigenvalue weighted by Crippen LogP contribution is -2.29. The van der Waals surface area contributed by atoms with E-state index in [9.17, 15) is 12.8 Å². The molecule has 0 radical (unpaired) electrons. The lowest BCUT2D eigenvalue weighted by molar-refractivity contribution is 0.582. The molecule has 32 heavy (non-hydrogen) atoms. The second-order valence-electron chi connectivity index (χ2n) is 7.20. The molecule has 1 heterocycles. The fourth-order valence-electron chi connectivity index (χ4n) is 3.13. The zero-order valence-corrected chi connectivity index (χ0v) is 18.7. The van der Waals surface area contributed by atoms with Crippen LogP contribution in [-0.4, -0.2) is 31.5 Å². The van der Waals surface area contributed by atoms with Crippen LogP contribution in [0.2, 0.25) is 5.02 Å². The first-order chi connectivity index (χ1) is 15.3. The maximum atomic E-state index is 13.1. The molecule has 2 N–H and O–H groups in total. The van der Waals surface area contributed by atoms with E-state index in [-0.39, 0.29) is 18.0 Å². The van der Waals surface area contributed by atoms with Gasteiger partial charge in [0.25, 0.3) is 0 Å². The second kappa shape index (κ2) is 9.20. The third kappa shape index (κ3) is 5.04. The number of rotatable bonds is 7. The predicted molar refractivity (Wildman–Crippen MR) is 125 cm³/mol. The quantitative estimate of drug-likeness (QED) is 0.379. The van der Waals surface area contributed by atoms with E-state index < -0.39 is 15.8 Å². The average Bonchev–Trinajstić information content (AvgIpc) is 2.77. The summed E-state index contributed by atoms with van der Waals surface area (Å²) in [7, 11) is -3.74. The normalized spacial score (nSPS) is 11.6. The smallest absolute Gasteiger partial charge is 0.240 e. The van der Waals surface area contributed by atoms with Gasteiger partial charge in [-0.2, -0.15) is 0 Å². The molecule has 0 aliphatic rings. The summed E-state index contributed by atoms with van der Waals surface area (Å²) in [6, 6.07) is 17.9. The third-order valence-corrected chi connectivity index (χ3v) is 6.51. The van der Waals surface area contributed by atoms with E-state index in [1.165, 1.54) is 12.1 Å². The Bertz CT molecular complexity index is 1360. The molecule has 0 aliphatic heterocycles. The highest BCUT2D eigenvalue weighted by Gasteiger charge is 2.14. The summed E-state index contributed by atoms with van der Waals surface area (Å²) < 4.78 is 40.3. The maximum Gasteiger partial charge on any atom is 0.240 e. The molecule has 0 amide bonds. The van der Waals surface area contributed by atoms with Gasteiger partial charge in [0.2, 0.25) is 10.0 Å². The Labute approximate surface area is 190 Å². The van der Waals surface area contributed by atoms with Gasteiger partial charge in [-0.15, -0.1) is 0 Å². The molecular formula is C23H20ClFN4O2S. The van der Waals surface area contributed by atoms with Crippen LogP contribution in [0.1, 0.15) is 5.56 Å². The first-order valence-corrected chi connectivity index (χ1v) is 11.7. The summed E-state index contributed by atoms with van der Waals surface area (Å²) in [6.45, 7) is 2.39. The van der Waals surface area contributed by atoms with Crippen LogP contribution in [0.15, 0.2) is 71.6 Å². The topological polar surface area (TPSA) is 84.0 Å². The molecule has 0 saturated heterocycles. The number of hydrogen-bond acceptors (Lipinski definition) is 5. The van der Waals surface area contributed by atoms with Gasteiger partial charge in [0, 0.05) is 29.1 Å². The minimum Gasteiger partial charge on any atom is -0.368 e. The van der Waals surface area contributed by atoms with Gasteiger partial charge in [-0.05, 0) is 49.4 Å². The Morgan fingerprint density at radius 1 is 0.938 bits per heavy atom. The number of halogens is 2. The van der Waals surface area contributed by atoms with E-state index in [2.05, 4.69) is 20.0 Å². The van der Waals surface area contributed by atoms with E-state index in [0.29, 0.717) is 22.2 Å². The van der Waals surface area contributed by atoms with Gasteiger partial charge in [0.15, 0.2) is 5.82 Å². The van der Waals surface area contributed by atoms with Crippen molar-refractivity contribution in [2.75, 3.05) is 18.4 Å². The summed E-state index contributed by atoms with van der Waals surface area (Å²) in [5, 5.41) is 4.51. The zero-order valence-electron chi connectivity index (χ0n) is 17.1. The van der Waals surface area contributed by atoms with E-state index in [4.69, 9.17) is 11.6 Å². The fraction of sp³-hybridized carbons (Fsp3) is 0.130. The van der Waals surface area contributed by atoms with Crippen LogP contribution in [0.5, 0.6) is 0 Å². The van der Waals surface area contributed by atoms with Crippen LogP contribution in [-0.2, 0) is 10.0 Å². The Morgan fingerprint density at radius 2 is 1.66 bits per heavy atom. The molecule has 0 unspecified atom stereocenters. The van der Waals surface area contributed by atoms with Crippen LogP contribution in [0.25, 0.3) is 22.3 Å². The SMILES string of the molecule is Cc1ccc(-c2nc(NCCNS(=O)(=O)c3ccc(F)cc3)c3ccc(Cl)cc3n2)cc1. The van der Waals surface area contributed by atoms with Crippen molar-refractivity contribution >= 4 is 38.3 Å². The third-order valence-electron chi connectivity index (χ3n) is 4.80. The highest BCUT2D eigenvalue weighted by molar-refractivity contribution is 7.89. The highest BCUT2D eigenvalue weighted by Crippen LogP contribution is 2.27. The molecule has 0 aliphatic carbocycles. The molecule has 9 heteroatoms. The summed E-state index contributed by atoms with van der Waals surface area (Å²) in [6.07, 6.45) is 0. The number of aryl methyl sites for hydroxylation is 1. The van der Waals surface area contributed by atoms with Crippen molar-refractivity contribution in [2.24, 2.45) is 0 Å². The van der Waals surface area contributed by atoms with E-state index >= 15 is 0 Å². The number of sulfonamides is 1. The number of anilines is 1. The first kappa shape index (κ1) is 22.1. The molecule has 164 valence electrons. The number of nitrogens with zero attached hydrogens (tertiary/aromatic N) is 2. The first-order valence-electron chi connectivity index (χ1n) is 9.85. The highest BCUT2D eigenvalue weighted by atomic mass is 35.5. The predicted octanol–water partition coefficient (Wildman–Crippen LogP) is 4.79. The van der Waals surface area contributed by atoms with Crippen LogP contribution < -0.4 is 10.0 Å². The van der Waals surface area contributed by atoms with Gasteiger partial charge in [-0.1, -0.05) is 41.4 Å². The largest absolute Gasteiger partial charge is 0.368 e. The molecule has 0 saturated carbocycles. The number of benzene rings is 3. The molecule has 0 bridgehead atoms. The van der Waals surface area contributed by atoms with Crippen molar-refractivity contribution in [3.05, 3.63) is 83.1 Å². The van der Waals surface area contributed by atoms with Crippen molar-refractivity contribution in [1.82, 2.24) is 14.7 Å². The van der Waals surface area contributed by atoms with Gasteiger partial charge in [-0.25, -0.2) is 27.5 Å².